The first-order chi connectivity index (χ1) is 22.7. The van der Waals surface area contributed by atoms with E-state index in [0.29, 0.717) is 13.2 Å². The molecule has 230 valence electrons. The smallest absolute Gasteiger partial charge is 0.119 e. The Morgan fingerprint density at radius 2 is 0.957 bits per heavy atom. The zero-order valence-electron chi connectivity index (χ0n) is 25.1. The Hall–Kier alpha value is -4.40. The van der Waals surface area contributed by atoms with Gasteiger partial charge in [0.05, 0.1) is 36.0 Å². The van der Waals surface area contributed by atoms with Crippen LogP contribution in [0, 0.1) is 0 Å². The lowest BCUT2D eigenvalue weighted by Gasteiger charge is -2.08. The Kier molecular flexibility index (Phi) is 9.17. The molecule has 2 aliphatic rings. The summed E-state index contributed by atoms with van der Waals surface area (Å²) in [5.41, 5.74) is 11.6. The van der Waals surface area contributed by atoms with Gasteiger partial charge in [-0.1, -0.05) is 56.1 Å². The van der Waals surface area contributed by atoms with Gasteiger partial charge in [0.25, 0.3) is 0 Å². The molecule has 8 bridgehead atoms. The SMILES string of the molecule is BrCCCOc1ccc(-c2c3nc(cc4ccc([nH]4)c(-c4ccc(OCCCBr)cc4)c4nc(cc5ccc2[nH]5)C=C4)C=C3)cc1. The number of halogens is 2. The highest BCUT2D eigenvalue weighted by atomic mass is 79.9. The minimum atomic E-state index is 0.677. The molecule has 0 spiro atoms. The van der Waals surface area contributed by atoms with Gasteiger partial charge in [-0.3, -0.25) is 0 Å². The minimum Gasteiger partial charge on any atom is -0.494 e. The van der Waals surface area contributed by atoms with Crippen LogP contribution >= 0.6 is 31.9 Å². The number of hydrogen-bond acceptors (Lipinski definition) is 4. The van der Waals surface area contributed by atoms with Crippen molar-refractivity contribution in [2.24, 2.45) is 0 Å². The lowest BCUT2D eigenvalue weighted by atomic mass is 10.0. The molecule has 2 aliphatic heterocycles. The fourth-order valence-corrected chi connectivity index (χ4v) is 6.06. The fourth-order valence-electron chi connectivity index (χ4n) is 5.61. The molecule has 3 aromatic heterocycles. The number of nitrogens with zero attached hydrogens (tertiary/aromatic N) is 2. The quantitative estimate of drug-likeness (QED) is 0.108. The number of nitrogens with one attached hydrogen (secondary N) is 2. The van der Waals surface area contributed by atoms with Gasteiger partial charge in [-0.2, -0.15) is 0 Å². The molecule has 0 saturated carbocycles. The summed E-state index contributed by atoms with van der Waals surface area (Å²) in [5, 5.41) is 1.84. The molecular formula is C38H32Br2N4O2. The van der Waals surface area contributed by atoms with Gasteiger partial charge in [-0.15, -0.1) is 0 Å². The Bertz CT molecular complexity index is 1930. The van der Waals surface area contributed by atoms with Crippen LogP contribution in [0.15, 0.2) is 84.9 Å². The Balaban J connectivity index is 1.37. The van der Waals surface area contributed by atoms with Crippen molar-refractivity contribution < 1.29 is 9.47 Å². The minimum absolute atomic E-state index is 0.677. The second-order valence-corrected chi connectivity index (χ2v) is 12.6. The van der Waals surface area contributed by atoms with Crippen molar-refractivity contribution in [3.8, 4) is 33.8 Å². The topological polar surface area (TPSA) is 75.8 Å². The maximum Gasteiger partial charge on any atom is 0.119 e. The molecule has 0 amide bonds. The lowest BCUT2D eigenvalue weighted by molar-refractivity contribution is 0.319. The number of ether oxygens (including phenoxy) is 2. The molecule has 8 heteroatoms. The maximum absolute atomic E-state index is 5.90. The monoisotopic (exact) mass is 734 g/mol. The predicted molar refractivity (Wildman–Crippen MR) is 198 cm³/mol. The van der Waals surface area contributed by atoms with Crippen molar-refractivity contribution in [1.82, 2.24) is 19.9 Å². The number of alkyl halides is 2. The third kappa shape index (κ3) is 6.73. The van der Waals surface area contributed by atoms with E-state index in [-0.39, 0.29) is 0 Å². The molecule has 0 unspecified atom stereocenters. The number of fused-ring (bicyclic) bond motifs is 8. The van der Waals surface area contributed by atoms with Crippen LogP contribution in [0.1, 0.15) is 35.6 Å². The average molecular weight is 737 g/mol. The Morgan fingerprint density at radius 3 is 1.37 bits per heavy atom. The van der Waals surface area contributed by atoms with Crippen LogP contribution in [-0.2, 0) is 0 Å². The highest BCUT2D eigenvalue weighted by molar-refractivity contribution is 9.09. The van der Waals surface area contributed by atoms with Crippen LogP contribution < -0.4 is 9.47 Å². The second-order valence-electron chi connectivity index (χ2n) is 11.0. The Labute approximate surface area is 284 Å². The molecule has 46 heavy (non-hydrogen) atoms. The Morgan fingerprint density at radius 1 is 0.522 bits per heavy atom. The second kappa shape index (κ2) is 13.9. The van der Waals surface area contributed by atoms with Gasteiger partial charge >= 0.3 is 0 Å². The van der Waals surface area contributed by atoms with E-state index in [4.69, 9.17) is 19.4 Å². The van der Waals surface area contributed by atoms with E-state index in [1.807, 2.05) is 24.3 Å². The molecule has 0 radical (unpaired) electrons. The van der Waals surface area contributed by atoms with Crippen LogP contribution in [0.5, 0.6) is 11.5 Å². The summed E-state index contributed by atoms with van der Waals surface area (Å²) in [7, 11) is 0. The standard InChI is InChI=1S/C38H32Br2N4O2/c39-19-1-21-45-31-11-3-25(4-12-31)37-33-15-7-27(41-33)23-29-9-17-35(43-29)38(26-5-13-32(14-6-26)46-22-2-20-40)36-18-10-30(44-36)24-28-8-16-34(37)42-28/h3-18,23-24,41,44H,1-2,19-22H2. The molecule has 0 aliphatic carbocycles. The van der Waals surface area contributed by atoms with E-state index in [1.54, 1.807) is 0 Å². The van der Waals surface area contributed by atoms with Crippen LogP contribution in [0.2, 0.25) is 0 Å². The van der Waals surface area contributed by atoms with Crippen molar-refractivity contribution in [3.63, 3.8) is 0 Å². The average Bonchev–Trinajstić information content (AvgIpc) is 3.90. The van der Waals surface area contributed by atoms with Crippen LogP contribution in [0.25, 0.3) is 68.6 Å². The number of hydrogen-bond donors (Lipinski definition) is 2. The van der Waals surface area contributed by atoms with E-state index in [0.717, 1.165) is 102 Å². The molecule has 5 heterocycles. The molecule has 7 rings (SSSR count). The molecule has 2 aromatic carbocycles. The van der Waals surface area contributed by atoms with E-state index < -0.39 is 0 Å². The van der Waals surface area contributed by atoms with E-state index in [9.17, 15) is 0 Å². The molecular weight excluding hydrogens is 704 g/mol. The number of aromatic nitrogens is 4. The molecule has 2 N–H and O–H groups in total. The van der Waals surface area contributed by atoms with Crippen molar-refractivity contribution >= 4 is 78.2 Å². The van der Waals surface area contributed by atoms with Gasteiger partial charge in [0.1, 0.15) is 11.5 Å². The molecule has 5 aromatic rings. The van der Waals surface area contributed by atoms with E-state index in [1.165, 1.54) is 0 Å². The van der Waals surface area contributed by atoms with Gasteiger partial charge in [0, 0.05) is 43.9 Å². The summed E-state index contributed by atoms with van der Waals surface area (Å²) in [6, 6.07) is 29.0. The first-order valence-corrected chi connectivity index (χ1v) is 17.6. The van der Waals surface area contributed by atoms with Gasteiger partial charge in [0.15, 0.2) is 0 Å². The largest absolute Gasteiger partial charge is 0.494 e. The first kappa shape index (κ1) is 30.3. The highest BCUT2D eigenvalue weighted by Crippen LogP contribution is 2.33. The highest BCUT2D eigenvalue weighted by Gasteiger charge is 2.14. The number of aromatic amines is 2. The molecule has 0 saturated heterocycles. The summed E-state index contributed by atoms with van der Waals surface area (Å²) in [6.07, 6.45) is 10.2. The van der Waals surface area contributed by atoms with Gasteiger partial charge in [-0.25, -0.2) is 9.97 Å². The molecule has 0 atom stereocenters. The zero-order chi connectivity index (χ0) is 31.3. The fraction of sp³-hybridized carbons (Fsp3) is 0.158. The van der Waals surface area contributed by atoms with Crippen molar-refractivity contribution in [3.05, 3.63) is 108 Å². The summed E-state index contributed by atoms with van der Waals surface area (Å²) in [5.74, 6) is 1.71. The van der Waals surface area contributed by atoms with Gasteiger partial charge in [0.2, 0.25) is 0 Å². The zero-order valence-corrected chi connectivity index (χ0v) is 28.3. The lowest BCUT2D eigenvalue weighted by Crippen LogP contribution is -1.97. The molecule has 0 fully saturated rings. The van der Waals surface area contributed by atoms with Crippen LogP contribution in [-0.4, -0.2) is 43.8 Å². The number of H-pyrrole nitrogens is 2. The predicted octanol–water partition coefficient (Wildman–Crippen LogP) is 10.3. The van der Waals surface area contributed by atoms with Crippen LogP contribution in [0.3, 0.4) is 0 Å². The van der Waals surface area contributed by atoms with Crippen molar-refractivity contribution in [2.75, 3.05) is 23.9 Å². The molecule has 6 nitrogen and oxygen atoms in total. The van der Waals surface area contributed by atoms with E-state index in [2.05, 4.69) is 127 Å². The van der Waals surface area contributed by atoms with Crippen molar-refractivity contribution in [2.45, 2.75) is 12.8 Å². The summed E-state index contributed by atoms with van der Waals surface area (Å²) < 4.78 is 11.8. The van der Waals surface area contributed by atoms with E-state index >= 15 is 0 Å². The third-order valence-electron chi connectivity index (χ3n) is 7.78. The summed E-state index contributed by atoms with van der Waals surface area (Å²) in [6.45, 7) is 1.35. The summed E-state index contributed by atoms with van der Waals surface area (Å²) >= 11 is 6.93. The normalized spacial score (nSPS) is 12.0. The maximum atomic E-state index is 5.90. The van der Waals surface area contributed by atoms with Crippen LogP contribution in [0.4, 0.5) is 0 Å². The van der Waals surface area contributed by atoms with Gasteiger partial charge < -0.3 is 19.4 Å². The number of rotatable bonds is 10. The van der Waals surface area contributed by atoms with Gasteiger partial charge in [-0.05, 0) is 109 Å². The number of benzene rings is 2. The van der Waals surface area contributed by atoms with Crippen molar-refractivity contribution in [1.29, 1.82) is 0 Å². The first-order valence-electron chi connectivity index (χ1n) is 15.4. The third-order valence-corrected chi connectivity index (χ3v) is 8.90. The summed E-state index contributed by atoms with van der Waals surface area (Å²) in [4.78, 5) is 17.4.